The van der Waals surface area contributed by atoms with E-state index in [4.69, 9.17) is 10.7 Å². The Hall–Kier alpha value is -0.730. The van der Waals surface area contributed by atoms with Gasteiger partial charge in [0.05, 0.1) is 6.04 Å². The van der Waals surface area contributed by atoms with Crippen LogP contribution in [0.15, 0.2) is 4.99 Å². The average molecular weight is 237 g/mol. The lowest BCUT2D eigenvalue weighted by Crippen LogP contribution is -2.39. The molecule has 0 bridgehead atoms. The van der Waals surface area contributed by atoms with Crippen LogP contribution >= 0.6 is 0 Å². The molecule has 1 heterocycles. The number of likely N-dealkylation sites (tertiary alicyclic amines) is 1. The second-order valence-electron chi connectivity index (χ2n) is 6.43. The van der Waals surface area contributed by atoms with Crippen molar-refractivity contribution in [2.75, 3.05) is 13.1 Å². The Morgan fingerprint density at radius 1 is 1.12 bits per heavy atom. The molecule has 1 aliphatic carbocycles. The summed E-state index contributed by atoms with van der Waals surface area (Å²) in [6, 6.07) is 0.506. The summed E-state index contributed by atoms with van der Waals surface area (Å²) in [6.07, 6.45) is 8.91. The fraction of sp³-hybridized carbons (Fsp3) is 0.929. The van der Waals surface area contributed by atoms with Crippen LogP contribution in [-0.2, 0) is 0 Å². The summed E-state index contributed by atoms with van der Waals surface area (Å²) in [6.45, 7) is 6.89. The van der Waals surface area contributed by atoms with Crippen LogP contribution in [0.4, 0.5) is 0 Å². The van der Waals surface area contributed by atoms with E-state index in [1.807, 2.05) is 0 Å². The first-order chi connectivity index (χ1) is 8.07. The van der Waals surface area contributed by atoms with Gasteiger partial charge in [-0.2, -0.15) is 0 Å². The Labute approximate surface area is 105 Å². The normalized spacial score (nSPS) is 27.2. The van der Waals surface area contributed by atoms with Gasteiger partial charge in [0.1, 0.15) is 0 Å². The molecule has 0 spiro atoms. The van der Waals surface area contributed by atoms with Crippen molar-refractivity contribution in [2.24, 2.45) is 16.1 Å². The third-order valence-corrected chi connectivity index (χ3v) is 4.30. The van der Waals surface area contributed by atoms with Gasteiger partial charge in [0.25, 0.3) is 0 Å². The summed E-state index contributed by atoms with van der Waals surface area (Å²) < 4.78 is 0. The molecule has 98 valence electrons. The summed E-state index contributed by atoms with van der Waals surface area (Å²) in [5.41, 5.74) is 6.64. The number of hydrogen-bond donors (Lipinski definition) is 1. The fourth-order valence-electron chi connectivity index (χ4n) is 2.95. The van der Waals surface area contributed by atoms with Crippen molar-refractivity contribution in [3.63, 3.8) is 0 Å². The highest BCUT2D eigenvalue weighted by molar-refractivity contribution is 5.78. The molecule has 0 aromatic carbocycles. The van der Waals surface area contributed by atoms with Crippen molar-refractivity contribution in [3.8, 4) is 0 Å². The van der Waals surface area contributed by atoms with E-state index in [2.05, 4.69) is 18.7 Å². The maximum absolute atomic E-state index is 6.16. The Bertz CT molecular complexity index is 277. The van der Waals surface area contributed by atoms with Crippen LogP contribution in [0.1, 0.15) is 58.8 Å². The molecule has 2 fully saturated rings. The first-order valence-electron chi connectivity index (χ1n) is 7.15. The van der Waals surface area contributed by atoms with Crippen molar-refractivity contribution in [1.82, 2.24) is 4.90 Å². The van der Waals surface area contributed by atoms with E-state index in [1.165, 1.54) is 44.9 Å². The molecule has 1 saturated carbocycles. The smallest absolute Gasteiger partial charge is 0.191 e. The third-order valence-electron chi connectivity index (χ3n) is 4.30. The van der Waals surface area contributed by atoms with E-state index < -0.39 is 0 Å². The molecule has 0 aromatic heterocycles. The average Bonchev–Trinajstić information content (AvgIpc) is 2.68. The first kappa shape index (κ1) is 12.7. The number of rotatable bonds is 1. The standard InChI is InChI=1S/C14H27N3/c1-14(2)8-5-10-17(11-9-14)13(15)16-12-6-3-4-7-12/h12H,3-11H2,1-2H3,(H2,15,16). The van der Waals surface area contributed by atoms with Crippen LogP contribution in [0.2, 0.25) is 0 Å². The molecule has 3 nitrogen and oxygen atoms in total. The monoisotopic (exact) mass is 237 g/mol. The summed E-state index contributed by atoms with van der Waals surface area (Å²) in [5.74, 6) is 0.801. The van der Waals surface area contributed by atoms with Gasteiger partial charge >= 0.3 is 0 Å². The Kier molecular flexibility index (Phi) is 3.95. The van der Waals surface area contributed by atoms with Gasteiger partial charge in [0.15, 0.2) is 5.96 Å². The van der Waals surface area contributed by atoms with Crippen LogP contribution in [0.3, 0.4) is 0 Å². The molecule has 1 aliphatic heterocycles. The molecule has 0 radical (unpaired) electrons. The SMILES string of the molecule is CC1(C)CCCN(C(N)=NC2CCCC2)CC1. The third kappa shape index (κ3) is 3.62. The maximum Gasteiger partial charge on any atom is 0.191 e. The van der Waals surface area contributed by atoms with Crippen LogP contribution in [0, 0.1) is 5.41 Å². The van der Waals surface area contributed by atoms with E-state index in [0.717, 1.165) is 19.0 Å². The zero-order chi connectivity index (χ0) is 12.3. The molecule has 2 aliphatic rings. The minimum Gasteiger partial charge on any atom is -0.370 e. The zero-order valence-electron chi connectivity index (χ0n) is 11.4. The van der Waals surface area contributed by atoms with Crippen LogP contribution in [0.25, 0.3) is 0 Å². The molecule has 17 heavy (non-hydrogen) atoms. The molecule has 2 rings (SSSR count). The van der Waals surface area contributed by atoms with Gasteiger partial charge in [-0.25, -0.2) is 4.99 Å². The quantitative estimate of drug-likeness (QED) is 0.563. The molecular formula is C14H27N3. The van der Waals surface area contributed by atoms with Crippen LogP contribution < -0.4 is 5.73 Å². The van der Waals surface area contributed by atoms with Gasteiger partial charge in [0, 0.05) is 13.1 Å². The van der Waals surface area contributed by atoms with E-state index >= 15 is 0 Å². The number of nitrogens with zero attached hydrogens (tertiary/aromatic N) is 2. The predicted molar refractivity (Wildman–Crippen MR) is 73.1 cm³/mol. The van der Waals surface area contributed by atoms with Gasteiger partial charge < -0.3 is 10.6 Å². The lowest BCUT2D eigenvalue weighted by atomic mass is 9.85. The summed E-state index contributed by atoms with van der Waals surface area (Å²) in [4.78, 5) is 7.01. The molecule has 3 heteroatoms. The van der Waals surface area contributed by atoms with E-state index in [-0.39, 0.29) is 0 Å². The molecule has 2 N–H and O–H groups in total. The second kappa shape index (κ2) is 5.28. The summed E-state index contributed by atoms with van der Waals surface area (Å²) in [5, 5.41) is 0. The number of guanidine groups is 1. The topological polar surface area (TPSA) is 41.6 Å². The van der Waals surface area contributed by atoms with Gasteiger partial charge in [-0.15, -0.1) is 0 Å². The van der Waals surface area contributed by atoms with Gasteiger partial charge in [-0.3, -0.25) is 0 Å². The second-order valence-corrected chi connectivity index (χ2v) is 6.43. The number of aliphatic imine (C=N–C) groups is 1. The minimum absolute atomic E-state index is 0.475. The summed E-state index contributed by atoms with van der Waals surface area (Å²) in [7, 11) is 0. The van der Waals surface area contributed by atoms with Crippen molar-refractivity contribution in [3.05, 3.63) is 0 Å². The summed E-state index contributed by atoms with van der Waals surface area (Å²) >= 11 is 0. The fourth-order valence-corrected chi connectivity index (χ4v) is 2.95. The highest BCUT2D eigenvalue weighted by atomic mass is 15.3. The molecule has 0 atom stereocenters. The molecule has 0 unspecified atom stereocenters. The van der Waals surface area contributed by atoms with Crippen molar-refractivity contribution in [2.45, 2.75) is 64.8 Å². The highest BCUT2D eigenvalue weighted by Gasteiger charge is 2.24. The molecule has 0 aromatic rings. The zero-order valence-corrected chi connectivity index (χ0v) is 11.4. The Morgan fingerprint density at radius 2 is 1.82 bits per heavy atom. The maximum atomic E-state index is 6.16. The van der Waals surface area contributed by atoms with Crippen molar-refractivity contribution < 1.29 is 0 Å². The molecular weight excluding hydrogens is 210 g/mol. The largest absolute Gasteiger partial charge is 0.370 e. The van der Waals surface area contributed by atoms with Gasteiger partial charge in [-0.05, 0) is 37.5 Å². The van der Waals surface area contributed by atoms with Crippen LogP contribution in [-0.4, -0.2) is 30.0 Å². The Morgan fingerprint density at radius 3 is 2.53 bits per heavy atom. The first-order valence-corrected chi connectivity index (χ1v) is 7.15. The predicted octanol–water partition coefficient (Wildman–Crippen LogP) is 2.76. The van der Waals surface area contributed by atoms with Crippen molar-refractivity contribution in [1.29, 1.82) is 0 Å². The van der Waals surface area contributed by atoms with E-state index in [1.54, 1.807) is 0 Å². The number of nitrogens with two attached hydrogens (primary N) is 1. The van der Waals surface area contributed by atoms with E-state index in [0.29, 0.717) is 11.5 Å². The lowest BCUT2D eigenvalue weighted by molar-refractivity contribution is 0.313. The van der Waals surface area contributed by atoms with Crippen molar-refractivity contribution >= 4 is 5.96 Å². The molecule has 0 amide bonds. The molecule has 1 saturated heterocycles. The van der Waals surface area contributed by atoms with Crippen LogP contribution in [0.5, 0.6) is 0 Å². The lowest BCUT2D eigenvalue weighted by Gasteiger charge is -2.24. The van der Waals surface area contributed by atoms with E-state index in [9.17, 15) is 0 Å². The Balaban J connectivity index is 1.92. The highest BCUT2D eigenvalue weighted by Crippen LogP contribution is 2.29. The minimum atomic E-state index is 0.475. The van der Waals surface area contributed by atoms with Gasteiger partial charge in [0.2, 0.25) is 0 Å². The number of hydrogen-bond acceptors (Lipinski definition) is 1. The van der Waals surface area contributed by atoms with Gasteiger partial charge in [-0.1, -0.05) is 26.7 Å².